The Hall–Kier alpha value is -2.38. The SMILES string of the molecule is COCCOc1cccc(CNC(=O)[C@H]2CNC[C@@H]2c2cnn(C)c2)c1. The molecule has 1 aromatic heterocycles. The molecule has 2 N–H and O–H groups in total. The van der Waals surface area contributed by atoms with Crippen molar-refractivity contribution in [3.8, 4) is 5.75 Å². The highest BCUT2D eigenvalue weighted by Crippen LogP contribution is 2.28. The van der Waals surface area contributed by atoms with Gasteiger partial charge >= 0.3 is 0 Å². The number of aromatic nitrogens is 2. The number of rotatable bonds is 8. The summed E-state index contributed by atoms with van der Waals surface area (Å²) in [6, 6.07) is 7.76. The van der Waals surface area contributed by atoms with E-state index < -0.39 is 0 Å². The fraction of sp³-hybridized carbons (Fsp3) is 0.474. The number of nitrogens with one attached hydrogen (secondary N) is 2. The van der Waals surface area contributed by atoms with Gasteiger partial charge in [0.15, 0.2) is 0 Å². The Kier molecular flexibility index (Phi) is 6.25. The second-order valence-corrected chi connectivity index (χ2v) is 6.53. The molecule has 3 rings (SSSR count). The highest BCUT2D eigenvalue weighted by Gasteiger charge is 2.34. The fourth-order valence-electron chi connectivity index (χ4n) is 3.24. The summed E-state index contributed by atoms with van der Waals surface area (Å²) in [7, 11) is 3.54. The first-order valence-electron chi connectivity index (χ1n) is 8.85. The molecular weight excluding hydrogens is 332 g/mol. The number of benzene rings is 1. The Morgan fingerprint density at radius 2 is 2.27 bits per heavy atom. The number of carbonyl (C=O) groups is 1. The lowest BCUT2D eigenvalue weighted by atomic mass is 9.90. The first-order valence-corrected chi connectivity index (χ1v) is 8.85. The number of ether oxygens (including phenoxy) is 2. The van der Waals surface area contributed by atoms with E-state index in [4.69, 9.17) is 9.47 Å². The molecule has 7 nitrogen and oxygen atoms in total. The van der Waals surface area contributed by atoms with Crippen LogP contribution in [0.5, 0.6) is 5.75 Å². The van der Waals surface area contributed by atoms with Gasteiger partial charge in [-0.15, -0.1) is 0 Å². The Labute approximate surface area is 153 Å². The quantitative estimate of drug-likeness (QED) is 0.690. The summed E-state index contributed by atoms with van der Waals surface area (Å²) in [5, 5.41) is 10.6. The highest BCUT2D eigenvalue weighted by molar-refractivity contribution is 5.80. The van der Waals surface area contributed by atoms with Crippen LogP contribution in [-0.4, -0.2) is 49.1 Å². The van der Waals surface area contributed by atoms with Gasteiger partial charge in [-0.3, -0.25) is 9.48 Å². The molecule has 1 aromatic carbocycles. The van der Waals surface area contributed by atoms with Crippen molar-refractivity contribution in [2.45, 2.75) is 12.5 Å². The van der Waals surface area contributed by atoms with Crippen molar-refractivity contribution < 1.29 is 14.3 Å². The minimum Gasteiger partial charge on any atom is -0.491 e. The molecule has 26 heavy (non-hydrogen) atoms. The van der Waals surface area contributed by atoms with Crippen LogP contribution in [0.4, 0.5) is 0 Å². The van der Waals surface area contributed by atoms with Crippen molar-refractivity contribution in [3.05, 3.63) is 47.8 Å². The minimum absolute atomic E-state index is 0.0644. The number of methoxy groups -OCH3 is 1. The van der Waals surface area contributed by atoms with Crippen molar-refractivity contribution in [3.63, 3.8) is 0 Å². The summed E-state index contributed by atoms with van der Waals surface area (Å²) in [4.78, 5) is 12.7. The van der Waals surface area contributed by atoms with Gasteiger partial charge in [0.05, 0.1) is 18.7 Å². The molecule has 2 atom stereocenters. The van der Waals surface area contributed by atoms with Crippen molar-refractivity contribution >= 4 is 5.91 Å². The van der Waals surface area contributed by atoms with Crippen molar-refractivity contribution in [1.29, 1.82) is 0 Å². The number of aryl methyl sites for hydroxylation is 1. The van der Waals surface area contributed by atoms with Gasteiger partial charge in [0, 0.05) is 45.9 Å². The van der Waals surface area contributed by atoms with Crippen LogP contribution in [0.3, 0.4) is 0 Å². The second-order valence-electron chi connectivity index (χ2n) is 6.53. The van der Waals surface area contributed by atoms with Crippen LogP contribution < -0.4 is 15.4 Å². The van der Waals surface area contributed by atoms with E-state index in [-0.39, 0.29) is 17.7 Å². The van der Waals surface area contributed by atoms with Gasteiger partial charge in [-0.1, -0.05) is 12.1 Å². The molecule has 0 radical (unpaired) electrons. The van der Waals surface area contributed by atoms with Gasteiger partial charge in [-0.2, -0.15) is 5.10 Å². The van der Waals surface area contributed by atoms with E-state index in [0.717, 1.165) is 23.4 Å². The summed E-state index contributed by atoms with van der Waals surface area (Å²) in [5.41, 5.74) is 2.11. The zero-order valence-electron chi connectivity index (χ0n) is 15.3. The van der Waals surface area contributed by atoms with Crippen molar-refractivity contribution in [2.24, 2.45) is 13.0 Å². The molecular formula is C19H26N4O3. The number of amides is 1. The third-order valence-electron chi connectivity index (χ3n) is 4.63. The molecule has 0 unspecified atom stereocenters. The third kappa shape index (κ3) is 4.62. The Morgan fingerprint density at radius 1 is 1.38 bits per heavy atom. The molecule has 2 heterocycles. The standard InChI is InChI=1S/C19H26N4O3/c1-23-13-15(10-22-23)17-11-20-12-18(17)19(24)21-9-14-4-3-5-16(8-14)26-7-6-25-2/h3-5,8,10,13,17-18,20H,6-7,9,11-12H2,1-2H3,(H,21,24)/t17-,18+/m1/s1. The number of carbonyl (C=O) groups excluding carboxylic acids is 1. The van der Waals surface area contributed by atoms with Crippen molar-refractivity contribution in [2.75, 3.05) is 33.4 Å². The maximum atomic E-state index is 12.7. The van der Waals surface area contributed by atoms with Crippen LogP contribution in [0.2, 0.25) is 0 Å². The summed E-state index contributed by atoms with van der Waals surface area (Å²) < 4.78 is 12.4. The number of hydrogen-bond acceptors (Lipinski definition) is 5. The van der Waals surface area contributed by atoms with E-state index in [2.05, 4.69) is 15.7 Å². The maximum absolute atomic E-state index is 12.7. The van der Waals surface area contributed by atoms with Crippen LogP contribution in [0.25, 0.3) is 0 Å². The monoisotopic (exact) mass is 358 g/mol. The molecule has 0 aliphatic carbocycles. The van der Waals surface area contributed by atoms with Crippen LogP contribution >= 0.6 is 0 Å². The summed E-state index contributed by atoms with van der Waals surface area (Å²) in [6.45, 7) is 3.02. The van der Waals surface area contributed by atoms with Gasteiger partial charge in [-0.25, -0.2) is 0 Å². The first-order chi connectivity index (χ1) is 12.7. The lowest BCUT2D eigenvalue weighted by Gasteiger charge is -2.17. The Bertz CT molecular complexity index is 731. The van der Waals surface area contributed by atoms with Crippen LogP contribution in [0.15, 0.2) is 36.7 Å². The van der Waals surface area contributed by atoms with E-state index >= 15 is 0 Å². The van der Waals surface area contributed by atoms with E-state index in [0.29, 0.717) is 26.3 Å². The molecule has 0 spiro atoms. The molecule has 0 bridgehead atoms. The van der Waals surface area contributed by atoms with Gasteiger partial charge in [0.25, 0.3) is 0 Å². The van der Waals surface area contributed by atoms with Gasteiger partial charge < -0.3 is 20.1 Å². The average Bonchev–Trinajstić information content (AvgIpc) is 3.29. The smallest absolute Gasteiger partial charge is 0.225 e. The molecule has 2 aromatic rings. The molecule has 7 heteroatoms. The van der Waals surface area contributed by atoms with Crippen molar-refractivity contribution in [1.82, 2.24) is 20.4 Å². The normalized spacial score (nSPS) is 19.5. The molecule has 0 saturated carbocycles. The molecule has 1 saturated heterocycles. The minimum atomic E-state index is -0.0830. The lowest BCUT2D eigenvalue weighted by Crippen LogP contribution is -2.33. The van der Waals surface area contributed by atoms with Crippen LogP contribution in [-0.2, 0) is 23.1 Å². The molecule has 1 aliphatic rings. The van der Waals surface area contributed by atoms with Gasteiger partial charge in [0.2, 0.25) is 5.91 Å². The summed E-state index contributed by atoms with van der Waals surface area (Å²) >= 11 is 0. The van der Waals surface area contributed by atoms with Crippen LogP contribution in [0.1, 0.15) is 17.0 Å². The van der Waals surface area contributed by atoms with E-state index in [1.54, 1.807) is 11.8 Å². The molecule has 140 valence electrons. The largest absolute Gasteiger partial charge is 0.491 e. The predicted molar refractivity (Wildman–Crippen MR) is 98.0 cm³/mol. The topological polar surface area (TPSA) is 77.4 Å². The first kappa shape index (κ1) is 18.4. The van der Waals surface area contributed by atoms with E-state index in [9.17, 15) is 4.79 Å². The van der Waals surface area contributed by atoms with Gasteiger partial charge in [0.1, 0.15) is 12.4 Å². The molecule has 1 amide bonds. The van der Waals surface area contributed by atoms with Crippen LogP contribution in [0, 0.1) is 5.92 Å². The Balaban J connectivity index is 1.55. The Morgan fingerprint density at radius 3 is 3.04 bits per heavy atom. The average molecular weight is 358 g/mol. The lowest BCUT2D eigenvalue weighted by molar-refractivity contribution is -0.125. The predicted octanol–water partition coefficient (Wildman–Crippen LogP) is 1.06. The fourth-order valence-corrected chi connectivity index (χ4v) is 3.24. The second kappa shape index (κ2) is 8.82. The third-order valence-corrected chi connectivity index (χ3v) is 4.63. The number of hydrogen-bond donors (Lipinski definition) is 2. The van der Waals surface area contributed by atoms with E-state index in [1.165, 1.54) is 0 Å². The van der Waals surface area contributed by atoms with E-state index in [1.807, 2.05) is 43.7 Å². The summed E-state index contributed by atoms with van der Waals surface area (Å²) in [6.07, 6.45) is 3.83. The summed E-state index contributed by atoms with van der Waals surface area (Å²) in [5.74, 6) is 0.923. The highest BCUT2D eigenvalue weighted by atomic mass is 16.5. The molecule has 1 aliphatic heterocycles. The zero-order valence-corrected chi connectivity index (χ0v) is 15.3. The zero-order chi connectivity index (χ0) is 18.4. The van der Waals surface area contributed by atoms with Gasteiger partial charge in [-0.05, 0) is 23.3 Å². The maximum Gasteiger partial charge on any atom is 0.225 e. The molecule has 1 fully saturated rings. The number of nitrogens with zero attached hydrogens (tertiary/aromatic N) is 2.